The van der Waals surface area contributed by atoms with Gasteiger partial charge in [-0.1, -0.05) is 62.0 Å². The molecule has 0 fully saturated rings. The van der Waals surface area contributed by atoms with Crippen molar-refractivity contribution in [2.24, 2.45) is 0 Å². The Morgan fingerprint density at radius 1 is 1.11 bits per heavy atom. The predicted molar refractivity (Wildman–Crippen MR) is 137 cm³/mol. The molecule has 0 aliphatic carbocycles. The van der Waals surface area contributed by atoms with E-state index in [2.05, 4.69) is 24.4 Å². The molecule has 0 bridgehead atoms. The van der Waals surface area contributed by atoms with Crippen LogP contribution in [0.3, 0.4) is 0 Å². The first-order valence-corrected chi connectivity index (χ1v) is 11.7. The fourth-order valence-corrected chi connectivity index (χ4v) is 4.44. The van der Waals surface area contributed by atoms with E-state index < -0.39 is 17.7 Å². The summed E-state index contributed by atoms with van der Waals surface area (Å²) in [6.45, 7) is 3.16. The van der Waals surface area contributed by atoms with Gasteiger partial charge in [-0.05, 0) is 65.4 Å². The Hall–Kier alpha value is -3.23. The van der Waals surface area contributed by atoms with Crippen molar-refractivity contribution >= 4 is 28.7 Å². The number of aromatic carboxylic acids is 1. The second-order valence-corrected chi connectivity index (χ2v) is 8.76. The molecule has 184 valence electrons. The maximum absolute atomic E-state index is 12.4. The molecule has 1 atom stereocenters. The number of benzene rings is 3. The number of fused-ring (bicyclic) bond motifs is 1. The molecule has 35 heavy (non-hydrogen) atoms. The summed E-state index contributed by atoms with van der Waals surface area (Å²) in [5.41, 5.74) is 9.45. The van der Waals surface area contributed by atoms with Crippen LogP contribution in [0.5, 0.6) is 0 Å². The van der Waals surface area contributed by atoms with E-state index in [1.165, 1.54) is 29.3 Å². The molecule has 3 aromatic carbocycles. The SMILES string of the molecule is CCCC(=S)C1NCCc2cc(N)ccc21.O=C(O)c1ccccc1-c1ccc(C(F)(F)F)cc1. The fourth-order valence-electron chi connectivity index (χ4n) is 4.02. The van der Waals surface area contributed by atoms with E-state index in [1.807, 2.05) is 6.07 Å². The third kappa shape index (κ3) is 6.68. The Labute approximate surface area is 208 Å². The number of nitrogen functional groups attached to an aromatic ring is 1. The Morgan fingerprint density at radius 2 is 1.80 bits per heavy atom. The number of carboxylic acids is 1. The van der Waals surface area contributed by atoms with E-state index >= 15 is 0 Å². The zero-order valence-corrected chi connectivity index (χ0v) is 20.0. The lowest BCUT2D eigenvalue weighted by Crippen LogP contribution is -2.34. The van der Waals surface area contributed by atoms with Crippen molar-refractivity contribution in [1.29, 1.82) is 0 Å². The van der Waals surface area contributed by atoms with Crippen molar-refractivity contribution in [2.45, 2.75) is 38.4 Å². The van der Waals surface area contributed by atoms with Crippen molar-refractivity contribution in [1.82, 2.24) is 5.32 Å². The number of thiocarbonyl (C=S) groups is 1. The molecule has 1 aliphatic heterocycles. The number of alkyl halides is 3. The van der Waals surface area contributed by atoms with E-state index in [4.69, 9.17) is 23.1 Å². The Morgan fingerprint density at radius 3 is 2.43 bits per heavy atom. The van der Waals surface area contributed by atoms with Crippen LogP contribution in [0.2, 0.25) is 0 Å². The number of halogens is 3. The molecule has 1 heterocycles. The molecule has 0 saturated carbocycles. The molecule has 4 nitrogen and oxygen atoms in total. The van der Waals surface area contributed by atoms with Crippen LogP contribution in [0.4, 0.5) is 18.9 Å². The lowest BCUT2D eigenvalue weighted by Gasteiger charge is -2.27. The van der Waals surface area contributed by atoms with E-state index in [9.17, 15) is 18.0 Å². The van der Waals surface area contributed by atoms with Crippen LogP contribution in [0.1, 0.15) is 52.9 Å². The Bertz CT molecular complexity index is 1190. The summed E-state index contributed by atoms with van der Waals surface area (Å²) >= 11 is 5.49. The molecule has 4 rings (SSSR count). The summed E-state index contributed by atoms with van der Waals surface area (Å²) < 4.78 is 37.3. The normalized spacial score (nSPS) is 14.9. The molecule has 0 amide bonds. The van der Waals surface area contributed by atoms with E-state index in [1.54, 1.807) is 18.2 Å². The number of hydrogen-bond acceptors (Lipinski definition) is 4. The van der Waals surface area contributed by atoms with E-state index in [-0.39, 0.29) is 11.6 Å². The van der Waals surface area contributed by atoms with Gasteiger partial charge in [-0.15, -0.1) is 0 Å². The highest BCUT2D eigenvalue weighted by atomic mass is 32.1. The summed E-state index contributed by atoms with van der Waals surface area (Å²) in [5.74, 6) is -1.12. The molecular formula is C27H27F3N2O2S. The highest BCUT2D eigenvalue weighted by Crippen LogP contribution is 2.32. The van der Waals surface area contributed by atoms with Gasteiger partial charge in [0.25, 0.3) is 0 Å². The zero-order chi connectivity index (χ0) is 25.6. The lowest BCUT2D eigenvalue weighted by atomic mass is 9.91. The monoisotopic (exact) mass is 500 g/mol. The first kappa shape index (κ1) is 26.4. The van der Waals surface area contributed by atoms with Crippen LogP contribution in [0.15, 0.2) is 66.7 Å². The molecule has 0 radical (unpaired) electrons. The van der Waals surface area contributed by atoms with E-state index in [0.717, 1.165) is 48.5 Å². The van der Waals surface area contributed by atoms with Gasteiger partial charge in [0.15, 0.2) is 0 Å². The van der Waals surface area contributed by atoms with Crippen molar-refractivity contribution < 1.29 is 23.1 Å². The average molecular weight is 501 g/mol. The number of carboxylic acid groups (broad SMARTS) is 1. The van der Waals surface area contributed by atoms with Crippen molar-refractivity contribution in [3.8, 4) is 11.1 Å². The highest BCUT2D eigenvalue weighted by molar-refractivity contribution is 7.80. The van der Waals surface area contributed by atoms with Crippen molar-refractivity contribution in [2.75, 3.05) is 12.3 Å². The molecule has 0 aromatic heterocycles. The van der Waals surface area contributed by atoms with Crippen LogP contribution in [0, 0.1) is 0 Å². The number of anilines is 1. The van der Waals surface area contributed by atoms with Crippen LogP contribution >= 0.6 is 12.2 Å². The van der Waals surface area contributed by atoms with Gasteiger partial charge < -0.3 is 16.2 Å². The standard InChI is InChI=1S/C14H9F3O2.C13H18N2S/c15-14(16,17)10-7-5-9(6-8-10)11-3-1-2-4-12(11)13(18)19;1-2-3-12(16)13-11-5-4-10(14)8-9(11)6-7-15-13/h1-8H,(H,18,19);4-5,8,13,15H,2-3,6-7,14H2,1H3. The fraction of sp³-hybridized carbons (Fsp3) is 0.259. The van der Waals surface area contributed by atoms with Gasteiger partial charge in [-0.2, -0.15) is 13.2 Å². The topological polar surface area (TPSA) is 75.3 Å². The summed E-state index contributed by atoms with van der Waals surface area (Å²) in [4.78, 5) is 12.2. The lowest BCUT2D eigenvalue weighted by molar-refractivity contribution is -0.137. The third-order valence-corrected chi connectivity index (χ3v) is 6.16. The molecule has 4 N–H and O–H groups in total. The maximum atomic E-state index is 12.4. The maximum Gasteiger partial charge on any atom is 0.416 e. The first-order chi connectivity index (χ1) is 16.6. The van der Waals surface area contributed by atoms with E-state index in [0.29, 0.717) is 11.1 Å². The molecule has 8 heteroatoms. The Kier molecular flexibility index (Phi) is 8.64. The molecule has 0 saturated heterocycles. The second-order valence-electron chi connectivity index (χ2n) is 8.24. The van der Waals surface area contributed by atoms with Crippen LogP contribution in [0.25, 0.3) is 11.1 Å². The van der Waals surface area contributed by atoms with Gasteiger partial charge in [-0.25, -0.2) is 4.79 Å². The number of carbonyl (C=O) groups is 1. The predicted octanol–water partition coefficient (Wildman–Crippen LogP) is 6.70. The summed E-state index contributed by atoms with van der Waals surface area (Å²) in [6, 6.07) is 17.0. The number of nitrogens with two attached hydrogens (primary N) is 1. The second kappa shape index (κ2) is 11.5. The molecule has 1 unspecified atom stereocenters. The largest absolute Gasteiger partial charge is 0.478 e. The molecular weight excluding hydrogens is 473 g/mol. The summed E-state index contributed by atoms with van der Waals surface area (Å²) in [6.07, 6.45) is -1.23. The van der Waals surface area contributed by atoms with Crippen molar-refractivity contribution in [3.05, 3.63) is 89.0 Å². The van der Waals surface area contributed by atoms with Gasteiger partial charge in [0, 0.05) is 17.1 Å². The highest BCUT2D eigenvalue weighted by Gasteiger charge is 2.30. The zero-order valence-electron chi connectivity index (χ0n) is 19.2. The summed E-state index contributed by atoms with van der Waals surface area (Å²) in [7, 11) is 0. The van der Waals surface area contributed by atoms with Crippen molar-refractivity contribution in [3.63, 3.8) is 0 Å². The quantitative estimate of drug-likeness (QED) is 0.269. The Balaban J connectivity index is 0.000000198. The number of rotatable bonds is 5. The van der Waals surface area contributed by atoms with Crippen LogP contribution in [-0.4, -0.2) is 22.5 Å². The van der Waals surface area contributed by atoms with Crippen LogP contribution < -0.4 is 11.1 Å². The average Bonchev–Trinajstić information content (AvgIpc) is 2.83. The minimum Gasteiger partial charge on any atom is -0.478 e. The summed E-state index contributed by atoms with van der Waals surface area (Å²) in [5, 5.41) is 12.5. The smallest absolute Gasteiger partial charge is 0.416 e. The van der Waals surface area contributed by atoms with Gasteiger partial charge in [0.1, 0.15) is 0 Å². The molecule has 3 aromatic rings. The number of nitrogens with one attached hydrogen (secondary N) is 1. The van der Waals surface area contributed by atoms with Gasteiger partial charge in [0.2, 0.25) is 0 Å². The van der Waals surface area contributed by atoms with Crippen LogP contribution in [-0.2, 0) is 12.6 Å². The molecule has 1 aliphatic rings. The van der Waals surface area contributed by atoms with Gasteiger partial charge >= 0.3 is 12.1 Å². The minimum atomic E-state index is -4.40. The van der Waals surface area contributed by atoms with Gasteiger partial charge in [0.05, 0.1) is 17.2 Å². The van der Waals surface area contributed by atoms with Gasteiger partial charge in [-0.3, -0.25) is 0 Å². The first-order valence-electron chi connectivity index (χ1n) is 11.3. The minimum absolute atomic E-state index is 0.0576. The molecule has 0 spiro atoms. The third-order valence-electron chi connectivity index (χ3n) is 5.72. The number of hydrogen-bond donors (Lipinski definition) is 3.